The number of hydrogen-bond acceptors (Lipinski definition) is 3. The van der Waals surface area contributed by atoms with Crippen LogP contribution >= 0.6 is 0 Å². The molecule has 2 atom stereocenters. The highest BCUT2D eigenvalue weighted by Gasteiger charge is 2.55. The van der Waals surface area contributed by atoms with Gasteiger partial charge in [-0.3, -0.25) is 9.59 Å². The fourth-order valence-electron chi connectivity index (χ4n) is 5.22. The second kappa shape index (κ2) is 6.08. The molecule has 4 nitrogen and oxygen atoms in total. The van der Waals surface area contributed by atoms with E-state index in [2.05, 4.69) is 12.0 Å². The molecule has 0 N–H and O–H groups in total. The van der Waals surface area contributed by atoms with Gasteiger partial charge in [0.2, 0.25) is 0 Å². The van der Waals surface area contributed by atoms with Crippen molar-refractivity contribution in [3.05, 3.63) is 35.9 Å². The first-order valence-corrected chi connectivity index (χ1v) is 9.46. The van der Waals surface area contributed by atoms with Crippen molar-refractivity contribution in [1.82, 2.24) is 5.01 Å². The zero-order valence-electron chi connectivity index (χ0n) is 15.1. The molecule has 1 aliphatic heterocycles. The molecule has 1 heterocycles. The van der Waals surface area contributed by atoms with Crippen LogP contribution in [0.1, 0.15) is 56.3 Å². The second-order valence-corrected chi connectivity index (χ2v) is 8.16. The monoisotopic (exact) mass is 338 g/mol. The van der Waals surface area contributed by atoms with E-state index in [0.29, 0.717) is 17.4 Å². The summed E-state index contributed by atoms with van der Waals surface area (Å²) in [4.78, 5) is 25.7. The highest BCUT2D eigenvalue weighted by molar-refractivity contribution is 6.12. The molecule has 0 spiro atoms. The zero-order chi connectivity index (χ0) is 17.6. The van der Waals surface area contributed by atoms with Gasteiger partial charge in [-0.05, 0) is 50.9 Å². The Labute approximate surface area is 149 Å². The van der Waals surface area contributed by atoms with Crippen molar-refractivity contribution in [1.29, 1.82) is 0 Å². The minimum absolute atomic E-state index is 0.0202. The number of carbonyl (C=O) groups excluding carboxylic acids is 2. The SMILES string of the molecule is CC1=NN(CC(=O)c2ccccc2)C(=O)[C@@]1(C)[C@@H]1CC2CCC1CC2. The quantitative estimate of drug-likeness (QED) is 0.781. The summed E-state index contributed by atoms with van der Waals surface area (Å²) in [5, 5.41) is 5.95. The molecule has 5 rings (SSSR count). The third kappa shape index (κ3) is 2.62. The molecule has 1 aromatic rings. The van der Waals surface area contributed by atoms with E-state index in [-0.39, 0.29) is 18.2 Å². The molecule has 1 amide bonds. The van der Waals surface area contributed by atoms with Gasteiger partial charge >= 0.3 is 0 Å². The Kier molecular flexibility index (Phi) is 4.01. The first kappa shape index (κ1) is 16.5. The summed E-state index contributed by atoms with van der Waals surface area (Å²) < 4.78 is 0. The number of carbonyl (C=O) groups is 2. The Bertz CT molecular complexity index is 719. The van der Waals surface area contributed by atoms with Gasteiger partial charge in [-0.15, -0.1) is 0 Å². The maximum atomic E-state index is 13.2. The van der Waals surface area contributed by atoms with Crippen molar-refractivity contribution >= 4 is 17.4 Å². The Morgan fingerprint density at radius 3 is 2.48 bits per heavy atom. The van der Waals surface area contributed by atoms with E-state index in [9.17, 15) is 9.59 Å². The van der Waals surface area contributed by atoms with E-state index in [0.717, 1.165) is 18.1 Å². The fraction of sp³-hybridized carbons (Fsp3) is 0.571. The van der Waals surface area contributed by atoms with Gasteiger partial charge in [0.15, 0.2) is 5.78 Å². The van der Waals surface area contributed by atoms with E-state index in [1.54, 1.807) is 12.1 Å². The molecule has 0 unspecified atom stereocenters. The third-order valence-electron chi connectivity index (χ3n) is 6.88. The summed E-state index contributed by atoms with van der Waals surface area (Å²) in [5.41, 5.74) is 0.991. The summed E-state index contributed by atoms with van der Waals surface area (Å²) in [6, 6.07) is 9.15. The number of fused-ring (bicyclic) bond motifs is 3. The molecule has 1 aromatic carbocycles. The van der Waals surface area contributed by atoms with Crippen LogP contribution in [-0.4, -0.2) is 29.0 Å². The number of benzene rings is 1. The zero-order valence-corrected chi connectivity index (χ0v) is 15.1. The molecule has 3 fully saturated rings. The van der Waals surface area contributed by atoms with Gasteiger partial charge in [0.05, 0.1) is 11.1 Å². The molecular weight excluding hydrogens is 312 g/mol. The summed E-state index contributed by atoms with van der Waals surface area (Å²) in [6.07, 6.45) is 6.26. The maximum absolute atomic E-state index is 13.2. The summed E-state index contributed by atoms with van der Waals surface area (Å²) in [5.74, 6) is 1.75. The standard InChI is InChI=1S/C21H26N2O2/c1-14-21(2,18-12-15-8-10-16(18)11-9-15)20(25)23(22-14)13-19(24)17-6-4-3-5-7-17/h3-7,15-16,18H,8-13H2,1-2H3/t15?,16?,18-,21-/m1/s1. The molecule has 3 aliphatic carbocycles. The highest BCUT2D eigenvalue weighted by Crippen LogP contribution is 2.54. The minimum Gasteiger partial charge on any atom is -0.292 e. The van der Waals surface area contributed by atoms with E-state index < -0.39 is 5.41 Å². The summed E-state index contributed by atoms with van der Waals surface area (Å²) >= 11 is 0. The smallest absolute Gasteiger partial charge is 0.255 e. The Morgan fingerprint density at radius 2 is 1.88 bits per heavy atom. The molecule has 2 bridgehead atoms. The van der Waals surface area contributed by atoms with Crippen LogP contribution in [0.15, 0.2) is 35.4 Å². The number of nitrogens with zero attached hydrogens (tertiary/aromatic N) is 2. The Morgan fingerprint density at radius 1 is 1.20 bits per heavy atom. The van der Waals surface area contributed by atoms with Gasteiger partial charge in [0.25, 0.3) is 5.91 Å². The van der Waals surface area contributed by atoms with Crippen molar-refractivity contribution in [2.24, 2.45) is 28.3 Å². The molecule has 132 valence electrons. The van der Waals surface area contributed by atoms with Crippen LogP contribution in [0.3, 0.4) is 0 Å². The molecule has 4 aliphatic rings. The highest BCUT2D eigenvalue weighted by atomic mass is 16.2. The molecular formula is C21H26N2O2. The van der Waals surface area contributed by atoms with Crippen molar-refractivity contribution in [3.8, 4) is 0 Å². The molecule has 0 radical (unpaired) electrons. The van der Waals surface area contributed by atoms with Crippen LogP contribution in [0.2, 0.25) is 0 Å². The van der Waals surface area contributed by atoms with Crippen molar-refractivity contribution in [2.45, 2.75) is 46.0 Å². The number of ketones is 1. The van der Waals surface area contributed by atoms with Crippen LogP contribution in [0.25, 0.3) is 0 Å². The third-order valence-corrected chi connectivity index (χ3v) is 6.88. The Hall–Kier alpha value is -1.97. The molecule has 3 saturated carbocycles. The topological polar surface area (TPSA) is 49.7 Å². The number of rotatable bonds is 4. The molecule has 0 aromatic heterocycles. The van der Waals surface area contributed by atoms with Crippen LogP contribution < -0.4 is 0 Å². The number of amides is 1. The normalized spacial score (nSPS) is 34.3. The molecule has 0 saturated heterocycles. The largest absolute Gasteiger partial charge is 0.292 e. The van der Waals surface area contributed by atoms with Crippen molar-refractivity contribution < 1.29 is 9.59 Å². The van der Waals surface area contributed by atoms with E-state index in [4.69, 9.17) is 0 Å². The first-order chi connectivity index (χ1) is 12.0. The summed E-state index contributed by atoms with van der Waals surface area (Å²) in [7, 11) is 0. The Balaban J connectivity index is 1.54. The van der Waals surface area contributed by atoms with Crippen LogP contribution in [0.5, 0.6) is 0 Å². The van der Waals surface area contributed by atoms with Crippen molar-refractivity contribution in [3.63, 3.8) is 0 Å². The van der Waals surface area contributed by atoms with E-state index in [1.165, 1.54) is 30.7 Å². The minimum atomic E-state index is -0.527. The van der Waals surface area contributed by atoms with E-state index >= 15 is 0 Å². The van der Waals surface area contributed by atoms with E-state index in [1.807, 2.05) is 25.1 Å². The van der Waals surface area contributed by atoms with Crippen LogP contribution in [-0.2, 0) is 4.79 Å². The number of hydrazone groups is 1. The average molecular weight is 338 g/mol. The first-order valence-electron chi connectivity index (χ1n) is 9.46. The van der Waals surface area contributed by atoms with Gasteiger partial charge in [-0.25, -0.2) is 5.01 Å². The van der Waals surface area contributed by atoms with Gasteiger partial charge in [-0.1, -0.05) is 43.2 Å². The maximum Gasteiger partial charge on any atom is 0.255 e. The lowest BCUT2D eigenvalue weighted by molar-refractivity contribution is -0.140. The molecule has 25 heavy (non-hydrogen) atoms. The summed E-state index contributed by atoms with van der Waals surface area (Å²) in [6.45, 7) is 4.07. The van der Waals surface area contributed by atoms with Gasteiger partial charge < -0.3 is 0 Å². The number of Topliss-reactive ketones (excluding diaryl/α,β-unsaturated/α-hetero) is 1. The second-order valence-electron chi connectivity index (χ2n) is 8.16. The van der Waals surface area contributed by atoms with Gasteiger partial charge in [0, 0.05) is 5.56 Å². The average Bonchev–Trinajstić information content (AvgIpc) is 2.88. The fourth-order valence-corrected chi connectivity index (χ4v) is 5.22. The molecule has 4 heteroatoms. The lowest BCUT2D eigenvalue weighted by Crippen LogP contribution is -2.49. The van der Waals surface area contributed by atoms with Crippen LogP contribution in [0.4, 0.5) is 0 Å². The number of hydrogen-bond donors (Lipinski definition) is 0. The van der Waals surface area contributed by atoms with Gasteiger partial charge in [0.1, 0.15) is 6.54 Å². The predicted molar refractivity (Wildman–Crippen MR) is 97.3 cm³/mol. The van der Waals surface area contributed by atoms with Gasteiger partial charge in [-0.2, -0.15) is 5.10 Å². The van der Waals surface area contributed by atoms with Crippen LogP contribution in [0, 0.1) is 23.2 Å². The lowest BCUT2D eigenvalue weighted by atomic mass is 9.55. The lowest BCUT2D eigenvalue weighted by Gasteiger charge is -2.48. The predicted octanol–water partition coefficient (Wildman–Crippen LogP) is 3.92. The van der Waals surface area contributed by atoms with Crippen molar-refractivity contribution in [2.75, 3.05) is 6.54 Å².